The van der Waals surface area contributed by atoms with E-state index in [9.17, 15) is 23.1 Å². The summed E-state index contributed by atoms with van der Waals surface area (Å²) in [7, 11) is 0. The Morgan fingerprint density at radius 2 is 2.00 bits per heavy atom. The fourth-order valence-corrected chi connectivity index (χ4v) is 2.51. The molecule has 1 rings (SSSR count). The van der Waals surface area contributed by atoms with Gasteiger partial charge in [0.25, 0.3) is 5.91 Å². The largest absolute Gasteiger partial charge is 0.426 e. The molecule has 1 aromatic rings. The lowest BCUT2D eigenvalue weighted by atomic mass is 10.1. The summed E-state index contributed by atoms with van der Waals surface area (Å²) in [6, 6.07) is 4.62. The van der Waals surface area contributed by atoms with Crippen LogP contribution in [0.3, 0.4) is 0 Å². The molecule has 0 heterocycles. The second kappa shape index (κ2) is 7.10. The molecule has 8 heteroatoms. The number of nitrogens with one attached hydrogen (secondary N) is 1. The molecule has 0 fully saturated rings. The number of rotatable bonds is 5. The van der Waals surface area contributed by atoms with E-state index in [0.29, 0.717) is 12.8 Å². The Bertz CT molecular complexity index is 547. The van der Waals surface area contributed by atoms with Gasteiger partial charge >= 0.3 is 6.18 Å². The molecule has 0 saturated carbocycles. The number of thioether (sulfide) groups is 1. The molecule has 124 valence electrons. The van der Waals surface area contributed by atoms with Crippen molar-refractivity contribution in [2.24, 2.45) is 5.92 Å². The standard InChI is InChI=1S/C14H17ClF3NO2S/c1-8(2)7-22-9-4-5-11(10(15)6-9)19-12(20)13(3,21)14(16,17)18/h4-6,8,21H,7H2,1-3H3,(H,19,20)/t13-/m1/s1. The normalized spacial score (nSPS) is 14.8. The summed E-state index contributed by atoms with van der Waals surface area (Å²) in [5.41, 5.74) is -3.47. The van der Waals surface area contributed by atoms with Gasteiger partial charge in [-0.3, -0.25) is 4.79 Å². The zero-order valence-electron chi connectivity index (χ0n) is 12.3. The second-order valence-corrected chi connectivity index (χ2v) is 6.87. The third kappa shape index (κ3) is 4.79. The van der Waals surface area contributed by atoms with Gasteiger partial charge in [-0.15, -0.1) is 11.8 Å². The maximum atomic E-state index is 12.6. The van der Waals surface area contributed by atoms with Crippen molar-refractivity contribution in [3.05, 3.63) is 23.2 Å². The molecule has 0 bridgehead atoms. The molecule has 2 N–H and O–H groups in total. The van der Waals surface area contributed by atoms with Crippen molar-refractivity contribution >= 4 is 35.0 Å². The number of halogens is 4. The molecule has 0 saturated heterocycles. The van der Waals surface area contributed by atoms with Crippen molar-refractivity contribution in [1.29, 1.82) is 0 Å². The van der Waals surface area contributed by atoms with E-state index in [4.69, 9.17) is 11.6 Å². The molecular formula is C14H17ClF3NO2S. The number of hydrogen-bond donors (Lipinski definition) is 2. The van der Waals surface area contributed by atoms with Crippen LogP contribution < -0.4 is 5.32 Å². The summed E-state index contributed by atoms with van der Waals surface area (Å²) in [5, 5.41) is 11.4. The van der Waals surface area contributed by atoms with Crippen molar-refractivity contribution in [2.75, 3.05) is 11.1 Å². The number of amides is 1. The maximum Gasteiger partial charge on any atom is 0.426 e. The topological polar surface area (TPSA) is 49.3 Å². The number of anilines is 1. The van der Waals surface area contributed by atoms with E-state index in [2.05, 4.69) is 13.8 Å². The molecule has 0 aromatic heterocycles. The first-order valence-corrected chi connectivity index (χ1v) is 7.84. The van der Waals surface area contributed by atoms with Crippen molar-refractivity contribution in [3.8, 4) is 0 Å². The average Bonchev–Trinajstić information content (AvgIpc) is 2.37. The van der Waals surface area contributed by atoms with Gasteiger partial charge in [-0.1, -0.05) is 25.4 Å². The molecule has 3 nitrogen and oxygen atoms in total. The molecule has 1 aromatic carbocycles. The van der Waals surface area contributed by atoms with Gasteiger partial charge < -0.3 is 10.4 Å². The number of aliphatic hydroxyl groups is 1. The zero-order chi connectivity index (χ0) is 17.1. The van der Waals surface area contributed by atoms with Crippen LogP contribution in [0.15, 0.2) is 23.1 Å². The first kappa shape index (κ1) is 19.1. The monoisotopic (exact) mass is 355 g/mol. The molecular weight excluding hydrogens is 339 g/mol. The third-order valence-electron chi connectivity index (χ3n) is 2.77. The predicted octanol–water partition coefficient (Wildman–Crippen LogP) is 4.34. The number of carbonyl (C=O) groups excluding carboxylic acids is 1. The smallest absolute Gasteiger partial charge is 0.373 e. The lowest BCUT2D eigenvalue weighted by Crippen LogP contribution is -2.52. The lowest BCUT2D eigenvalue weighted by molar-refractivity contribution is -0.242. The molecule has 0 aliphatic carbocycles. The first-order valence-electron chi connectivity index (χ1n) is 6.48. The van der Waals surface area contributed by atoms with Crippen LogP contribution in [-0.4, -0.2) is 28.5 Å². The second-order valence-electron chi connectivity index (χ2n) is 5.37. The van der Waals surface area contributed by atoms with Crippen LogP contribution in [0.5, 0.6) is 0 Å². The van der Waals surface area contributed by atoms with Gasteiger partial charge in [0.15, 0.2) is 0 Å². The lowest BCUT2D eigenvalue weighted by Gasteiger charge is -2.25. The molecule has 0 radical (unpaired) electrons. The van der Waals surface area contributed by atoms with Gasteiger partial charge in [0.2, 0.25) is 5.60 Å². The Kier molecular flexibility index (Phi) is 6.18. The van der Waals surface area contributed by atoms with E-state index in [0.717, 1.165) is 10.6 Å². The highest BCUT2D eigenvalue weighted by molar-refractivity contribution is 7.99. The molecule has 22 heavy (non-hydrogen) atoms. The first-order chi connectivity index (χ1) is 9.95. The Morgan fingerprint density at radius 1 is 1.41 bits per heavy atom. The molecule has 1 amide bonds. The molecule has 0 spiro atoms. The number of alkyl halides is 3. The quantitative estimate of drug-likeness (QED) is 0.772. The van der Waals surface area contributed by atoms with Gasteiger partial charge in [-0.25, -0.2) is 0 Å². The maximum absolute atomic E-state index is 12.6. The average molecular weight is 356 g/mol. The molecule has 0 unspecified atom stereocenters. The zero-order valence-corrected chi connectivity index (χ0v) is 13.9. The van der Waals surface area contributed by atoms with Gasteiger partial charge in [-0.05, 0) is 31.0 Å². The molecule has 0 aliphatic heterocycles. The summed E-state index contributed by atoms with van der Waals surface area (Å²) in [5.74, 6) is -0.236. The van der Waals surface area contributed by atoms with Crippen molar-refractivity contribution < 1.29 is 23.1 Å². The summed E-state index contributed by atoms with van der Waals surface area (Å²) >= 11 is 7.52. The van der Waals surface area contributed by atoms with Gasteiger partial charge in [0, 0.05) is 10.6 Å². The van der Waals surface area contributed by atoms with Crippen LogP contribution in [-0.2, 0) is 4.79 Å². The SMILES string of the molecule is CC(C)CSc1ccc(NC(=O)[C@@](C)(O)C(F)(F)F)c(Cl)c1. The predicted molar refractivity (Wildman–Crippen MR) is 82.3 cm³/mol. The molecule has 1 atom stereocenters. The molecule has 0 aliphatic rings. The van der Waals surface area contributed by atoms with Crippen LogP contribution in [0.4, 0.5) is 18.9 Å². The minimum atomic E-state index is -5.07. The number of carbonyl (C=O) groups is 1. The summed E-state index contributed by atoms with van der Waals surface area (Å²) in [6.07, 6.45) is -5.07. The van der Waals surface area contributed by atoms with E-state index in [1.54, 1.807) is 23.9 Å². The van der Waals surface area contributed by atoms with Crippen molar-refractivity contribution in [3.63, 3.8) is 0 Å². The van der Waals surface area contributed by atoms with Crippen LogP contribution >= 0.6 is 23.4 Å². The van der Waals surface area contributed by atoms with Crippen LogP contribution in [0.2, 0.25) is 5.02 Å². The van der Waals surface area contributed by atoms with E-state index in [1.165, 1.54) is 6.07 Å². The number of hydrogen-bond acceptors (Lipinski definition) is 3. The van der Waals surface area contributed by atoms with Crippen molar-refractivity contribution in [1.82, 2.24) is 0 Å². The minimum absolute atomic E-state index is 0.0186. The van der Waals surface area contributed by atoms with Crippen LogP contribution in [0, 0.1) is 5.92 Å². The minimum Gasteiger partial charge on any atom is -0.373 e. The Morgan fingerprint density at radius 3 is 2.45 bits per heavy atom. The van der Waals surface area contributed by atoms with Crippen LogP contribution in [0.25, 0.3) is 0 Å². The van der Waals surface area contributed by atoms with E-state index < -0.39 is 17.7 Å². The fourth-order valence-electron chi connectivity index (χ4n) is 1.32. The van der Waals surface area contributed by atoms with E-state index in [1.807, 2.05) is 5.32 Å². The summed E-state index contributed by atoms with van der Waals surface area (Å²) < 4.78 is 37.7. The van der Waals surface area contributed by atoms with Crippen LogP contribution in [0.1, 0.15) is 20.8 Å². The summed E-state index contributed by atoms with van der Waals surface area (Å²) in [6.45, 7) is 4.51. The van der Waals surface area contributed by atoms with E-state index in [-0.39, 0.29) is 10.7 Å². The Balaban J connectivity index is 2.85. The van der Waals surface area contributed by atoms with E-state index >= 15 is 0 Å². The van der Waals surface area contributed by atoms with Gasteiger partial charge in [-0.2, -0.15) is 13.2 Å². The highest BCUT2D eigenvalue weighted by Crippen LogP contribution is 2.33. The van der Waals surface area contributed by atoms with Gasteiger partial charge in [0.1, 0.15) is 0 Å². The summed E-state index contributed by atoms with van der Waals surface area (Å²) in [4.78, 5) is 12.4. The van der Waals surface area contributed by atoms with Gasteiger partial charge in [0.05, 0.1) is 10.7 Å². The number of benzene rings is 1. The Labute approximate surface area is 136 Å². The van der Waals surface area contributed by atoms with Crippen molar-refractivity contribution in [2.45, 2.75) is 37.4 Å². The Hall–Kier alpha value is -0.920. The fraction of sp³-hybridized carbons (Fsp3) is 0.500. The highest BCUT2D eigenvalue weighted by atomic mass is 35.5. The third-order valence-corrected chi connectivity index (χ3v) is 4.50. The highest BCUT2D eigenvalue weighted by Gasteiger charge is 2.55.